The van der Waals surface area contributed by atoms with E-state index >= 15 is 0 Å². The van der Waals surface area contributed by atoms with Crippen LogP contribution in [0.2, 0.25) is 0 Å². The first kappa shape index (κ1) is 30.0. The number of rotatable bonds is 14. The predicted octanol–water partition coefficient (Wildman–Crippen LogP) is 7.60. The predicted molar refractivity (Wildman–Crippen MR) is 144 cm³/mol. The zero-order chi connectivity index (χ0) is 26.3. The lowest BCUT2D eigenvalue weighted by Crippen LogP contribution is -2.42. The van der Waals surface area contributed by atoms with E-state index in [0.717, 1.165) is 109 Å². The van der Waals surface area contributed by atoms with E-state index in [-0.39, 0.29) is 18.3 Å². The van der Waals surface area contributed by atoms with E-state index in [1.165, 1.54) is 25.7 Å². The Morgan fingerprint density at radius 2 is 0.919 bits per heavy atom. The minimum Gasteiger partial charge on any atom is -0.462 e. The fourth-order valence-electron chi connectivity index (χ4n) is 6.27. The van der Waals surface area contributed by atoms with E-state index in [1.807, 2.05) is 0 Å². The Labute approximate surface area is 224 Å². The minimum atomic E-state index is -1.23. The van der Waals surface area contributed by atoms with Gasteiger partial charge in [0.15, 0.2) is 5.92 Å². The lowest BCUT2D eigenvalue weighted by atomic mass is 9.86. The quantitative estimate of drug-likeness (QED) is 0.102. The molecule has 0 heterocycles. The van der Waals surface area contributed by atoms with Crippen LogP contribution in [0.25, 0.3) is 0 Å². The average Bonchev–Trinajstić information content (AvgIpc) is 2.91. The molecule has 0 aromatic carbocycles. The average molecular weight is 521 g/mol. The summed E-state index contributed by atoms with van der Waals surface area (Å²) in [5, 5.41) is 0. The topological polar surface area (TPSA) is 78.9 Å². The molecule has 0 aromatic heterocycles. The van der Waals surface area contributed by atoms with Crippen molar-refractivity contribution in [2.75, 3.05) is 0 Å². The molecule has 0 saturated heterocycles. The highest BCUT2D eigenvalue weighted by molar-refractivity contribution is 5.99. The van der Waals surface area contributed by atoms with Crippen LogP contribution in [-0.2, 0) is 28.6 Å². The summed E-state index contributed by atoms with van der Waals surface area (Å²) in [4.78, 5) is 40.7. The molecule has 6 heteroatoms. The lowest BCUT2D eigenvalue weighted by molar-refractivity contribution is -0.180. The molecule has 0 N–H and O–H groups in total. The fraction of sp³-hybridized carbons (Fsp3) is 0.903. The minimum absolute atomic E-state index is 0.113. The molecule has 0 amide bonds. The maximum atomic E-state index is 13.6. The molecule has 3 fully saturated rings. The van der Waals surface area contributed by atoms with E-state index < -0.39 is 29.7 Å². The SMILES string of the molecule is CCCCCCCCC(C(=O)OC1CCCCC1)C(C(=O)OC1CCCCC1)C(=O)OC1CCCCC1. The van der Waals surface area contributed by atoms with E-state index in [2.05, 4.69) is 6.92 Å². The summed E-state index contributed by atoms with van der Waals surface area (Å²) in [6, 6.07) is 0. The second-order valence-electron chi connectivity index (χ2n) is 11.7. The summed E-state index contributed by atoms with van der Waals surface area (Å²) in [7, 11) is 0. The number of carbonyl (C=O) groups is 3. The first-order chi connectivity index (χ1) is 18.1. The Morgan fingerprint density at radius 1 is 0.541 bits per heavy atom. The number of carbonyl (C=O) groups excluding carboxylic acids is 3. The van der Waals surface area contributed by atoms with E-state index in [9.17, 15) is 14.4 Å². The van der Waals surface area contributed by atoms with Crippen molar-refractivity contribution in [3.63, 3.8) is 0 Å². The monoisotopic (exact) mass is 520 g/mol. The van der Waals surface area contributed by atoms with E-state index in [4.69, 9.17) is 14.2 Å². The lowest BCUT2D eigenvalue weighted by Gasteiger charge is -2.30. The Bertz CT molecular complexity index is 641. The van der Waals surface area contributed by atoms with Crippen LogP contribution < -0.4 is 0 Å². The van der Waals surface area contributed by atoms with Crippen LogP contribution in [0.4, 0.5) is 0 Å². The molecular weight excluding hydrogens is 468 g/mol. The molecule has 212 valence electrons. The fourth-order valence-corrected chi connectivity index (χ4v) is 6.27. The third-order valence-corrected chi connectivity index (χ3v) is 8.59. The van der Waals surface area contributed by atoms with Crippen LogP contribution in [-0.4, -0.2) is 36.2 Å². The molecule has 3 rings (SSSR count). The van der Waals surface area contributed by atoms with Crippen LogP contribution in [0.15, 0.2) is 0 Å². The number of hydrogen-bond donors (Lipinski definition) is 0. The second-order valence-corrected chi connectivity index (χ2v) is 11.7. The van der Waals surface area contributed by atoms with Crippen LogP contribution in [0.5, 0.6) is 0 Å². The van der Waals surface area contributed by atoms with Crippen molar-refractivity contribution in [1.82, 2.24) is 0 Å². The highest BCUT2D eigenvalue weighted by atomic mass is 16.6. The van der Waals surface area contributed by atoms with Crippen LogP contribution >= 0.6 is 0 Å². The van der Waals surface area contributed by atoms with Crippen molar-refractivity contribution in [3.8, 4) is 0 Å². The van der Waals surface area contributed by atoms with E-state index in [0.29, 0.717) is 6.42 Å². The van der Waals surface area contributed by atoms with Crippen molar-refractivity contribution in [2.24, 2.45) is 11.8 Å². The van der Waals surface area contributed by atoms with Gasteiger partial charge in [0.1, 0.15) is 18.3 Å². The highest BCUT2D eigenvalue weighted by Gasteiger charge is 2.44. The van der Waals surface area contributed by atoms with E-state index in [1.54, 1.807) is 0 Å². The van der Waals surface area contributed by atoms with Gasteiger partial charge in [0, 0.05) is 0 Å². The highest BCUT2D eigenvalue weighted by Crippen LogP contribution is 2.31. The maximum Gasteiger partial charge on any atom is 0.321 e. The maximum absolute atomic E-state index is 13.6. The van der Waals surface area contributed by atoms with Gasteiger partial charge in [0.25, 0.3) is 0 Å². The van der Waals surface area contributed by atoms with Gasteiger partial charge in [-0.05, 0) is 83.5 Å². The number of esters is 3. The third kappa shape index (κ3) is 10.6. The molecule has 6 nitrogen and oxygen atoms in total. The number of hydrogen-bond acceptors (Lipinski definition) is 6. The van der Waals surface area contributed by atoms with Gasteiger partial charge in [-0.3, -0.25) is 14.4 Å². The van der Waals surface area contributed by atoms with Gasteiger partial charge >= 0.3 is 17.9 Å². The van der Waals surface area contributed by atoms with Gasteiger partial charge in [0.2, 0.25) is 0 Å². The molecule has 37 heavy (non-hydrogen) atoms. The van der Waals surface area contributed by atoms with Gasteiger partial charge in [-0.1, -0.05) is 64.7 Å². The molecule has 1 unspecified atom stereocenters. The van der Waals surface area contributed by atoms with Crippen LogP contribution in [0.1, 0.15) is 148 Å². The van der Waals surface area contributed by atoms with Crippen molar-refractivity contribution in [1.29, 1.82) is 0 Å². The number of ether oxygens (including phenoxy) is 3. The first-order valence-electron chi connectivity index (χ1n) is 15.7. The smallest absolute Gasteiger partial charge is 0.321 e. The molecule has 0 aliphatic heterocycles. The molecule has 0 spiro atoms. The normalized spacial score (nSPS) is 20.9. The van der Waals surface area contributed by atoms with Crippen molar-refractivity contribution in [2.45, 2.75) is 166 Å². The Balaban J connectivity index is 1.73. The summed E-state index contributed by atoms with van der Waals surface area (Å²) in [5.74, 6) is -3.63. The summed E-state index contributed by atoms with van der Waals surface area (Å²) in [6.45, 7) is 2.19. The molecule has 1 atom stereocenters. The van der Waals surface area contributed by atoms with Gasteiger partial charge in [-0.15, -0.1) is 0 Å². The van der Waals surface area contributed by atoms with Gasteiger partial charge in [-0.2, -0.15) is 0 Å². The van der Waals surface area contributed by atoms with Gasteiger partial charge < -0.3 is 14.2 Å². The summed E-state index contributed by atoms with van der Waals surface area (Å²) >= 11 is 0. The standard InChI is InChI=1S/C31H52O6/c1-2-3-4-5-6-16-23-27(29(32)35-24-17-10-7-11-18-24)28(30(33)36-25-19-12-8-13-20-25)31(34)37-26-21-14-9-15-22-26/h24-28H,2-23H2,1H3. The summed E-state index contributed by atoms with van der Waals surface area (Å²) in [5.41, 5.74) is 0. The van der Waals surface area contributed by atoms with Crippen molar-refractivity contribution < 1.29 is 28.6 Å². The molecule has 0 bridgehead atoms. The molecule has 3 aliphatic carbocycles. The Kier molecular flexibility index (Phi) is 13.8. The molecule has 0 radical (unpaired) electrons. The zero-order valence-corrected chi connectivity index (χ0v) is 23.4. The largest absolute Gasteiger partial charge is 0.462 e. The Morgan fingerprint density at radius 3 is 1.35 bits per heavy atom. The third-order valence-electron chi connectivity index (χ3n) is 8.59. The first-order valence-corrected chi connectivity index (χ1v) is 15.7. The second kappa shape index (κ2) is 17.1. The van der Waals surface area contributed by atoms with Gasteiger partial charge in [-0.25, -0.2) is 0 Å². The van der Waals surface area contributed by atoms with Gasteiger partial charge in [0.05, 0.1) is 5.92 Å². The molecule has 0 aromatic rings. The van der Waals surface area contributed by atoms with Crippen molar-refractivity contribution in [3.05, 3.63) is 0 Å². The summed E-state index contributed by atoms with van der Waals surface area (Å²) in [6.07, 6.45) is 21.1. The summed E-state index contributed by atoms with van der Waals surface area (Å²) < 4.78 is 17.7. The van der Waals surface area contributed by atoms with Crippen molar-refractivity contribution >= 4 is 17.9 Å². The molecule has 3 aliphatic rings. The molecule has 3 saturated carbocycles. The number of unbranched alkanes of at least 4 members (excludes halogenated alkanes) is 5. The van der Waals surface area contributed by atoms with Crippen LogP contribution in [0, 0.1) is 11.8 Å². The Hall–Kier alpha value is -1.59. The molecular formula is C31H52O6. The van der Waals surface area contributed by atoms with Crippen LogP contribution in [0.3, 0.4) is 0 Å². The zero-order valence-electron chi connectivity index (χ0n) is 23.4.